The Balaban J connectivity index is 1.17. The summed E-state index contributed by atoms with van der Waals surface area (Å²) in [5.41, 5.74) is 1.95. The molecule has 0 saturated heterocycles. The molecule has 4 aromatic rings. The number of carbonyl (C=O) groups is 1. The highest BCUT2D eigenvalue weighted by molar-refractivity contribution is 7.99. The molecule has 0 bridgehead atoms. The molecule has 0 saturated carbocycles. The molecule has 4 aromatic heterocycles. The number of thioether (sulfide) groups is 1. The molecule has 9 nitrogen and oxygen atoms in total. The van der Waals surface area contributed by atoms with Crippen LogP contribution in [0.3, 0.4) is 0 Å². The molecule has 5 rings (SSSR count). The zero-order valence-corrected chi connectivity index (χ0v) is 18.1. The van der Waals surface area contributed by atoms with Crippen LogP contribution in [0.5, 0.6) is 0 Å². The van der Waals surface area contributed by atoms with Crippen LogP contribution in [0, 0.1) is 0 Å². The predicted molar refractivity (Wildman–Crippen MR) is 119 cm³/mol. The number of carbonyl (C=O) groups excluding carboxylic acids is 1. The zero-order chi connectivity index (χ0) is 21.2. The fourth-order valence-electron chi connectivity index (χ4n) is 3.69. The van der Waals surface area contributed by atoms with Gasteiger partial charge in [-0.05, 0) is 30.9 Å². The van der Waals surface area contributed by atoms with Crippen molar-refractivity contribution in [1.82, 2.24) is 35.0 Å². The summed E-state index contributed by atoms with van der Waals surface area (Å²) >= 11 is 3.04. The Kier molecular flexibility index (Phi) is 5.51. The normalized spacial score (nSPS) is 12.9. The van der Waals surface area contributed by atoms with Gasteiger partial charge in [-0.3, -0.25) is 9.59 Å². The number of rotatable bonds is 7. The van der Waals surface area contributed by atoms with E-state index in [0.29, 0.717) is 23.9 Å². The Bertz CT molecular complexity index is 1300. The number of fused-ring (bicyclic) bond motifs is 3. The molecule has 0 unspecified atom stereocenters. The Morgan fingerprint density at radius 1 is 1.35 bits per heavy atom. The molecule has 1 amide bonds. The number of H-pyrrole nitrogens is 1. The van der Waals surface area contributed by atoms with Gasteiger partial charge in [-0.15, -0.1) is 23.1 Å². The number of hydrogen-bond acceptors (Lipinski definition) is 8. The maximum absolute atomic E-state index is 12.5. The third-order valence-corrected chi connectivity index (χ3v) is 7.20. The molecule has 4 heterocycles. The molecular weight excluding hydrogens is 434 g/mol. The SMILES string of the molecule is O=C(CSCc1nc2sc3c(c2c(=O)[nH]1)CCC3)NCc1cccnc1-n1cncn1. The van der Waals surface area contributed by atoms with Crippen LogP contribution in [0.2, 0.25) is 0 Å². The van der Waals surface area contributed by atoms with Gasteiger partial charge in [-0.25, -0.2) is 19.6 Å². The van der Waals surface area contributed by atoms with Gasteiger partial charge in [0, 0.05) is 23.2 Å². The lowest BCUT2D eigenvalue weighted by atomic mass is 10.2. The second kappa shape index (κ2) is 8.60. The van der Waals surface area contributed by atoms with Crippen LogP contribution < -0.4 is 10.9 Å². The Labute approximate surface area is 185 Å². The summed E-state index contributed by atoms with van der Waals surface area (Å²) in [4.78, 5) is 42.7. The van der Waals surface area contributed by atoms with Crippen molar-refractivity contribution in [2.75, 3.05) is 5.75 Å². The van der Waals surface area contributed by atoms with E-state index in [2.05, 4.69) is 30.4 Å². The Hall–Kier alpha value is -3.05. The van der Waals surface area contributed by atoms with Crippen LogP contribution in [0.25, 0.3) is 16.0 Å². The quantitative estimate of drug-likeness (QED) is 0.439. The van der Waals surface area contributed by atoms with Gasteiger partial charge in [-0.1, -0.05) is 6.07 Å². The van der Waals surface area contributed by atoms with E-state index in [1.165, 1.54) is 28.5 Å². The van der Waals surface area contributed by atoms with Gasteiger partial charge in [0.1, 0.15) is 23.3 Å². The predicted octanol–water partition coefficient (Wildman–Crippen LogP) is 2.00. The zero-order valence-electron chi connectivity index (χ0n) is 16.5. The summed E-state index contributed by atoms with van der Waals surface area (Å²) in [6.45, 7) is 0.338. The van der Waals surface area contributed by atoms with Gasteiger partial charge in [0.05, 0.1) is 16.9 Å². The van der Waals surface area contributed by atoms with Crippen LogP contribution in [0.4, 0.5) is 0 Å². The van der Waals surface area contributed by atoms with Gasteiger partial charge in [-0.2, -0.15) is 5.10 Å². The van der Waals surface area contributed by atoms with Gasteiger partial charge in [0.15, 0.2) is 5.82 Å². The monoisotopic (exact) mass is 453 g/mol. The number of hydrogen-bond donors (Lipinski definition) is 2. The molecule has 0 fully saturated rings. The molecule has 2 N–H and O–H groups in total. The molecular formula is C20H19N7O2S2. The van der Waals surface area contributed by atoms with Crippen molar-refractivity contribution in [1.29, 1.82) is 0 Å². The van der Waals surface area contributed by atoms with Crippen LogP contribution in [-0.2, 0) is 29.9 Å². The van der Waals surface area contributed by atoms with Crippen molar-refractivity contribution < 1.29 is 4.79 Å². The molecule has 1 aliphatic carbocycles. The highest BCUT2D eigenvalue weighted by Crippen LogP contribution is 2.34. The lowest BCUT2D eigenvalue weighted by molar-refractivity contribution is -0.118. The number of nitrogens with zero attached hydrogens (tertiary/aromatic N) is 5. The molecule has 0 spiro atoms. The molecule has 0 aliphatic heterocycles. The second-order valence-corrected chi connectivity index (χ2v) is 9.22. The Morgan fingerprint density at radius 3 is 3.16 bits per heavy atom. The maximum Gasteiger partial charge on any atom is 0.259 e. The summed E-state index contributed by atoms with van der Waals surface area (Å²) in [5, 5.41) is 7.75. The van der Waals surface area contributed by atoms with Crippen LogP contribution in [0.15, 0.2) is 35.8 Å². The van der Waals surface area contributed by atoms with E-state index in [9.17, 15) is 9.59 Å². The van der Waals surface area contributed by atoms with Crippen LogP contribution >= 0.6 is 23.1 Å². The third-order valence-electron chi connectivity index (χ3n) is 5.08. The lowest BCUT2D eigenvalue weighted by Crippen LogP contribution is -2.25. The topological polar surface area (TPSA) is 118 Å². The summed E-state index contributed by atoms with van der Waals surface area (Å²) in [6, 6.07) is 3.70. The largest absolute Gasteiger partial charge is 0.351 e. The molecule has 0 atom stereocenters. The number of amides is 1. The van der Waals surface area contributed by atoms with Gasteiger partial charge in [0.2, 0.25) is 5.91 Å². The van der Waals surface area contributed by atoms with E-state index < -0.39 is 0 Å². The van der Waals surface area contributed by atoms with Gasteiger partial charge >= 0.3 is 0 Å². The minimum Gasteiger partial charge on any atom is -0.351 e. The van der Waals surface area contributed by atoms with E-state index in [1.807, 2.05) is 12.1 Å². The van der Waals surface area contributed by atoms with Crippen molar-refractivity contribution in [3.63, 3.8) is 0 Å². The Morgan fingerprint density at radius 2 is 2.29 bits per heavy atom. The van der Waals surface area contributed by atoms with Crippen LogP contribution in [-0.4, -0.2) is 41.4 Å². The number of pyridine rings is 1. The van der Waals surface area contributed by atoms with Crippen molar-refractivity contribution >= 4 is 39.2 Å². The average molecular weight is 454 g/mol. The highest BCUT2D eigenvalue weighted by atomic mass is 32.2. The molecule has 1 aliphatic rings. The minimum atomic E-state index is -0.100. The molecule has 11 heteroatoms. The molecule has 31 heavy (non-hydrogen) atoms. The first kappa shape index (κ1) is 19.9. The number of aromatic amines is 1. The van der Waals surface area contributed by atoms with E-state index in [1.54, 1.807) is 28.5 Å². The molecule has 0 radical (unpaired) electrons. The first-order valence-corrected chi connectivity index (χ1v) is 11.8. The summed E-state index contributed by atoms with van der Waals surface area (Å²) < 4.78 is 1.56. The van der Waals surface area contributed by atoms with Gasteiger partial charge in [0.25, 0.3) is 5.56 Å². The highest BCUT2D eigenvalue weighted by Gasteiger charge is 2.21. The second-order valence-electron chi connectivity index (χ2n) is 7.15. The van der Waals surface area contributed by atoms with Crippen molar-refractivity contribution in [3.8, 4) is 5.82 Å². The van der Waals surface area contributed by atoms with Crippen LogP contribution in [0.1, 0.15) is 28.2 Å². The number of thiophene rings is 1. The summed E-state index contributed by atoms with van der Waals surface area (Å²) in [5.74, 6) is 1.87. The third kappa shape index (κ3) is 4.10. The first-order valence-electron chi connectivity index (χ1n) is 9.86. The summed E-state index contributed by atoms with van der Waals surface area (Å²) in [7, 11) is 0. The van der Waals surface area contributed by atoms with E-state index in [-0.39, 0.29) is 17.2 Å². The molecule has 0 aromatic carbocycles. The number of nitrogens with one attached hydrogen (secondary N) is 2. The summed E-state index contributed by atoms with van der Waals surface area (Å²) in [6.07, 6.45) is 7.79. The lowest BCUT2D eigenvalue weighted by Gasteiger charge is -2.09. The maximum atomic E-state index is 12.5. The fraction of sp³-hybridized carbons (Fsp3) is 0.300. The van der Waals surface area contributed by atoms with Gasteiger partial charge < -0.3 is 10.3 Å². The van der Waals surface area contributed by atoms with E-state index >= 15 is 0 Å². The first-order chi connectivity index (χ1) is 15.2. The standard InChI is InChI=1S/C20H19N7O2S2/c28-16(23-7-12-3-2-6-22-18(12)27-11-21-10-24-27)9-30-8-15-25-19(29)17-13-4-1-5-14(13)31-20(17)26-15/h2-3,6,10-11H,1,4-5,7-9H2,(H,23,28)(H,25,26,29). The number of aromatic nitrogens is 6. The van der Waals surface area contributed by atoms with E-state index in [4.69, 9.17) is 0 Å². The average Bonchev–Trinajstić information content (AvgIpc) is 3.50. The smallest absolute Gasteiger partial charge is 0.259 e. The fourth-order valence-corrected chi connectivity index (χ4v) is 5.69. The minimum absolute atomic E-state index is 0.0679. The molecule has 158 valence electrons. The number of aryl methyl sites for hydroxylation is 2. The van der Waals surface area contributed by atoms with Crippen molar-refractivity contribution in [2.24, 2.45) is 0 Å². The van der Waals surface area contributed by atoms with Crippen molar-refractivity contribution in [2.45, 2.75) is 31.6 Å². The van der Waals surface area contributed by atoms with E-state index in [0.717, 1.165) is 35.0 Å². The van der Waals surface area contributed by atoms with Crippen molar-refractivity contribution in [3.05, 3.63) is 63.2 Å².